The monoisotopic (exact) mass is 728 g/mol. The largest absolute Gasteiger partial charge is 0.355 e. The van der Waals surface area contributed by atoms with Gasteiger partial charge in [0.05, 0.1) is 5.41 Å². The van der Waals surface area contributed by atoms with Crippen LogP contribution in [0.5, 0.6) is 0 Å². The highest BCUT2D eigenvalue weighted by Crippen LogP contribution is 2.64. The van der Waals surface area contributed by atoms with Gasteiger partial charge < -0.3 is 9.88 Å². The SMILES string of the molecule is Cc1ccc(N(c2cccc(C)c2)c2ccc3c(c2)C2(c4ccccc4-c4ccccc42)c2ccc4ccccc4c2-3)cc1.c1ccc2c(c1)[nH]c1ccccc12. The Kier molecular flexibility index (Phi) is 7.55. The second kappa shape index (κ2) is 13.0. The molecule has 9 aromatic carbocycles. The maximum atomic E-state index is 3.38. The van der Waals surface area contributed by atoms with Crippen LogP contribution in [-0.4, -0.2) is 4.98 Å². The molecule has 0 aliphatic heterocycles. The van der Waals surface area contributed by atoms with Gasteiger partial charge in [-0.25, -0.2) is 0 Å². The third-order valence-corrected chi connectivity index (χ3v) is 12.2. The number of aromatic nitrogens is 1. The molecule has 57 heavy (non-hydrogen) atoms. The molecule has 0 bridgehead atoms. The molecule has 2 aliphatic carbocycles. The van der Waals surface area contributed by atoms with Crippen LogP contribution in [0, 0.1) is 13.8 Å². The molecule has 1 heterocycles. The molecule has 0 saturated carbocycles. The standard InChI is InChI=1S/C43H31N.C12H9N/c1-28-18-21-31(22-19-28)44(32-12-9-10-29(2)26-32)33-23-24-37-41(27-33)43(40-25-20-30-11-3-4-13-34(30)42(37)40)38-16-7-5-14-35(38)36-15-6-8-17-39(36)43;1-3-7-11-9(5-1)10-6-2-4-8-12(10)13-11/h3-27H,1-2H3;1-8,13H. The zero-order valence-corrected chi connectivity index (χ0v) is 32.0. The fourth-order valence-electron chi connectivity index (χ4n) is 9.74. The lowest BCUT2D eigenvalue weighted by Crippen LogP contribution is -2.26. The molecule has 0 atom stereocenters. The van der Waals surface area contributed by atoms with Crippen LogP contribution in [0.4, 0.5) is 17.1 Å². The van der Waals surface area contributed by atoms with Gasteiger partial charge in [0.2, 0.25) is 0 Å². The summed E-state index contributed by atoms with van der Waals surface area (Å²) in [6.45, 7) is 4.32. The average Bonchev–Trinajstić information content (AvgIpc) is 3.89. The number of rotatable bonds is 3. The lowest BCUT2D eigenvalue weighted by atomic mass is 9.70. The van der Waals surface area contributed by atoms with Crippen molar-refractivity contribution in [3.8, 4) is 22.3 Å². The number of hydrogen-bond acceptors (Lipinski definition) is 1. The Bertz CT molecular complexity index is 3070. The molecule has 0 radical (unpaired) electrons. The van der Waals surface area contributed by atoms with E-state index < -0.39 is 5.41 Å². The van der Waals surface area contributed by atoms with Crippen molar-refractivity contribution in [2.24, 2.45) is 0 Å². The highest BCUT2D eigenvalue weighted by molar-refractivity contribution is 6.08. The Balaban J connectivity index is 0.000000242. The molecule has 1 spiro atoms. The maximum absolute atomic E-state index is 3.38. The fraction of sp³-hybridized carbons (Fsp3) is 0.0545. The summed E-state index contributed by atoms with van der Waals surface area (Å²) in [5.41, 5.74) is 18.8. The van der Waals surface area contributed by atoms with Crippen molar-refractivity contribution in [3.63, 3.8) is 0 Å². The smallest absolute Gasteiger partial charge is 0.0726 e. The highest BCUT2D eigenvalue weighted by atomic mass is 15.1. The summed E-state index contributed by atoms with van der Waals surface area (Å²) in [4.78, 5) is 5.79. The maximum Gasteiger partial charge on any atom is 0.0726 e. The average molecular weight is 729 g/mol. The summed E-state index contributed by atoms with van der Waals surface area (Å²) < 4.78 is 0. The number of benzene rings is 9. The number of anilines is 3. The van der Waals surface area contributed by atoms with Gasteiger partial charge in [-0.15, -0.1) is 0 Å². The van der Waals surface area contributed by atoms with E-state index in [1.54, 1.807) is 0 Å². The predicted octanol–water partition coefficient (Wildman–Crippen LogP) is 14.6. The fourth-order valence-corrected chi connectivity index (χ4v) is 9.74. The van der Waals surface area contributed by atoms with Crippen molar-refractivity contribution < 1.29 is 0 Å². The van der Waals surface area contributed by atoms with Crippen molar-refractivity contribution >= 4 is 49.6 Å². The van der Waals surface area contributed by atoms with Crippen molar-refractivity contribution in [2.45, 2.75) is 19.3 Å². The minimum Gasteiger partial charge on any atom is -0.355 e. The zero-order chi connectivity index (χ0) is 38.1. The summed E-state index contributed by atoms with van der Waals surface area (Å²) >= 11 is 0. The molecular formula is C55H40N2. The quantitative estimate of drug-likeness (QED) is 0.192. The topological polar surface area (TPSA) is 19.0 Å². The number of H-pyrrole nitrogens is 1. The van der Waals surface area contributed by atoms with Gasteiger partial charge in [0.25, 0.3) is 0 Å². The van der Waals surface area contributed by atoms with E-state index in [-0.39, 0.29) is 0 Å². The zero-order valence-electron chi connectivity index (χ0n) is 32.0. The number of nitrogens with zero attached hydrogens (tertiary/aromatic N) is 1. The first-order valence-corrected chi connectivity index (χ1v) is 19.8. The molecule has 1 aromatic heterocycles. The third kappa shape index (κ3) is 5.04. The molecule has 0 saturated heterocycles. The van der Waals surface area contributed by atoms with Gasteiger partial charge in [0, 0.05) is 38.9 Å². The van der Waals surface area contributed by atoms with Gasteiger partial charge >= 0.3 is 0 Å². The number of fused-ring (bicyclic) bond motifs is 15. The Morgan fingerprint density at radius 3 is 1.63 bits per heavy atom. The first kappa shape index (κ1) is 33.2. The Hall–Kier alpha value is -7.16. The number of nitrogens with one attached hydrogen (secondary N) is 1. The molecule has 1 N–H and O–H groups in total. The van der Waals surface area contributed by atoms with Crippen LogP contribution in [0.25, 0.3) is 54.8 Å². The van der Waals surface area contributed by atoms with Crippen LogP contribution < -0.4 is 4.90 Å². The Labute approximate surface area is 333 Å². The predicted molar refractivity (Wildman–Crippen MR) is 240 cm³/mol. The van der Waals surface area contributed by atoms with Gasteiger partial charge in [0.15, 0.2) is 0 Å². The van der Waals surface area contributed by atoms with E-state index in [0.29, 0.717) is 0 Å². The lowest BCUT2D eigenvalue weighted by molar-refractivity contribution is 0.794. The van der Waals surface area contributed by atoms with Crippen molar-refractivity contribution in [1.82, 2.24) is 4.98 Å². The Morgan fingerprint density at radius 1 is 0.368 bits per heavy atom. The first-order valence-electron chi connectivity index (χ1n) is 19.8. The highest BCUT2D eigenvalue weighted by Gasteiger charge is 2.52. The molecule has 0 unspecified atom stereocenters. The van der Waals surface area contributed by atoms with Crippen molar-refractivity contribution in [2.75, 3.05) is 4.90 Å². The van der Waals surface area contributed by atoms with Gasteiger partial charge in [0.1, 0.15) is 0 Å². The molecule has 0 amide bonds. The van der Waals surface area contributed by atoms with E-state index in [2.05, 4.69) is 224 Å². The summed E-state index contributed by atoms with van der Waals surface area (Å²) in [6, 6.07) is 73.3. The van der Waals surface area contributed by atoms with Gasteiger partial charge in [-0.2, -0.15) is 0 Å². The van der Waals surface area contributed by atoms with E-state index in [0.717, 1.165) is 17.1 Å². The summed E-state index contributed by atoms with van der Waals surface area (Å²) in [5, 5.41) is 5.20. The molecular weight excluding hydrogens is 689 g/mol. The second-order valence-electron chi connectivity index (χ2n) is 15.5. The molecule has 2 aliphatic rings. The Morgan fingerprint density at radius 2 is 0.947 bits per heavy atom. The van der Waals surface area contributed by atoms with E-state index >= 15 is 0 Å². The molecule has 2 heteroatoms. The van der Waals surface area contributed by atoms with Crippen LogP contribution >= 0.6 is 0 Å². The van der Waals surface area contributed by atoms with E-state index in [9.17, 15) is 0 Å². The van der Waals surface area contributed by atoms with Gasteiger partial charge in [-0.1, -0.05) is 157 Å². The minimum absolute atomic E-state index is 0.399. The minimum atomic E-state index is -0.399. The summed E-state index contributed by atoms with van der Waals surface area (Å²) in [5.74, 6) is 0. The molecule has 2 nitrogen and oxygen atoms in total. The normalized spacial score (nSPS) is 12.9. The second-order valence-corrected chi connectivity index (χ2v) is 15.5. The lowest BCUT2D eigenvalue weighted by Gasteiger charge is -2.32. The van der Waals surface area contributed by atoms with E-state index in [4.69, 9.17) is 0 Å². The van der Waals surface area contributed by atoms with E-state index in [1.807, 2.05) is 0 Å². The van der Waals surface area contributed by atoms with Crippen molar-refractivity contribution in [3.05, 3.63) is 234 Å². The van der Waals surface area contributed by atoms with E-state index in [1.165, 1.54) is 88.2 Å². The van der Waals surface area contributed by atoms with Gasteiger partial charge in [-0.3, -0.25) is 0 Å². The van der Waals surface area contributed by atoms with Crippen molar-refractivity contribution in [1.29, 1.82) is 0 Å². The molecule has 12 rings (SSSR count). The van der Waals surface area contributed by atoms with Crippen LogP contribution in [0.2, 0.25) is 0 Å². The summed E-state index contributed by atoms with van der Waals surface area (Å²) in [7, 11) is 0. The van der Waals surface area contributed by atoms with Crippen LogP contribution in [-0.2, 0) is 5.41 Å². The number of hydrogen-bond donors (Lipinski definition) is 1. The first-order chi connectivity index (χ1) is 28.1. The molecule has 270 valence electrons. The van der Waals surface area contributed by atoms with Gasteiger partial charge in [-0.05, 0) is 123 Å². The number of aryl methyl sites for hydroxylation is 2. The number of para-hydroxylation sites is 2. The molecule has 10 aromatic rings. The van der Waals surface area contributed by atoms with Crippen LogP contribution in [0.15, 0.2) is 200 Å². The van der Waals surface area contributed by atoms with Crippen LogP contribution in [0.3, 0.4) is 0 Å². The molecule has 0 fully saturated rings. The summed E-state index contributed by atoms with van der Waals surface area (Å²) in [6.07, 6.45) is 0. The number of aromatic amines is 1. The van der Waals surface area contributed by atoms with Crippen LogP contribution in [0.1, 0.15) is 33.4 Å². The third-order valence-electron chi connectivity index (χ3n) is 12.2.